The van der Waals surface area contributed by atoms with E-state index in [1.54, 1.807) is 11.1 Å². The first-order valence-corrected chi connectivity index (χ1v) is 13.9. The van der Waals surface area contributed by atoms with Gasteiger partial charge in [0.15, 0.2) is 0 Å². The van der Waals surface area contributed by atoms with Gasteiger partial charge >= 0.3 is 12.1 Å². The third-order valence-electron chi connectivity index (χ3n) is 7.36. The molecule has 1 aliphatic heterocycles. The first-order chi connectivity index (χ1) is 18.2. The molecule has 1 saturated carbocycles. The molecule has 4 rings (SSSR count). The van der Waals surface area contributed by atoms with E-state index >= 15 is 0 Å². The van der Waals surface area contributed by atoms with Crippen LogP contribution in [0.1, 0.15) is 90.4 Å². The fourth-order valence-corrected chi connectivity index (χ4v) is 5.32. The molecule has 1 amide bonds. The molecule has 2 aromatic heterocycles. The number of carbonyl (C=O) groups is 2. The fraction of sp³-hybridized carbons (Fsp3) is 0.679. The number of aromatic nitrogens is 3. The lowest BCUT2D eigenvalue weighted by Crippen LogP contribution is -2.50. The van der Waals surface area contributed by atoms with Crippen molar-refractivity contribution >= 4 is 17.9 Å². The predicted molar refractivity (Wildman–Crippen MR) is 143 cm³/mol. The monoisotopic (exact) mass is 527 g/mol. The van der Waals surface area contributed by atoms with Crippen LogP contribution in [0.25, 0.3) is 11.4 Å². The van der Waals surface area contributed by atoms with Crippen molar-refractivity contribution in [1.82, 2.24) is 20.0 Å². The van der Waals surface area contributed by atoms with Crippen LogP contribution in [0.5, 0.6) is 0 Å². The van der Waals surface area contributed by atoms with E-state index < -0.39 is 11.6 Å². The quantitative estimate of drug-likeness (QED) is 0.450. The lowest BCUT2D eigenvalue weighted by molar-refractivity contribution is -0.137. The second-order valence-electron chi connectivity index (χ2n) is 11.5. The molecule has 0 aromatic carbocycles. The summed E-state index contributed by atoms with van der Waals surface area (Å²) in [5.74, 6) is 1.23. The van der Waals surface area contributed by atoms with Crippen LogP contribution in [0.15, 0.2) is 22.9 Å². The summed E-state index contributed by atoms with van der Waals surface area (Å²) in [6.45, 7) is 8.05. The normalized spacial score (nSPS) is 17.9. The standard InChI is InChI=1S/C28H41N5O5/c1-28(2,3)37-27(36)33-16-14-32(15-17-33)23-13-12-22(19-29-23)25-30-26(38-31-25)21(18-24(34)35)11-7-10-20-8-5-4-6-9-20/h12-13,19-21H,4-11,14-18H2,1-3H3,(H,34,35). The maximum absolute atomic E-state index is 12.3. The van der Waals surface area contributed by atoms with E-state index in [2.05, 4.69) is 20.0 Å². The van der Waals surface area contributed by atoms with Crippen molar-refractivity contribution in [3.05, 3.63) is 24.2 Å². The zero-order chi connectivity index (χ0) is 27.1. The lowest BCUT2D eigenvalue weighted by Gasteiger charge is -2.36. The van der Waals surface area contributed by atoms with Gasteiger partial charge in [0.25, 0.3) is 0 Å². The van der Waals surface area contributed by atoms with Crippen LogP contribution in [-0.2, 0) is 9.53 Å². The van der Waals surface area contributed by atoms with Gasteiger partial charge < -0.3 is 24.2 Å². The molecule has 1 N–H and O–H groups in total. The Hall–Kier alpha value is -3.17. The molecule has 0 bridgehead atoms. The molecule has 2 aliphatic rings. The van der Waals surface area contributed by atoms with Gasteiger partial charge in [-0.15, -0.1) is 0 Å². The number of aliphatic carboxylic acids is 1. The van der Waals surface area contributed by atoms with Gasteiger partial charge in [0.2, 0.25) is 11.7 Å². The second kappa shape index (κ2) is 12.6. The minimum atomic E-state index is -0.856. The van der Waals surface area contributed by atoms with Gasteiger partial charge in [0.1, 0.15) is 11.4 Å². The predicted octanol–water partition coefficient (Wildman–Crippen LogP) is 5.50. The fourth-order valence-electron chi connectivity index (χ4n) is 5.32. The van der Waals surface area contributed by atoms with E-state index in [1.807, 2.05) is 32.9 Å². The average molecular weight is 528 g/mol. The van der Waals surface area contributed by atoms with E-state index in [1.165, 1.54) is 32.1 Å². The highest BCUT2D eigenvalue weighted by Crippen LogP contribution is 2.32. The number of hydrogen-bond acceptors (Lipinski definition) is 8. The molecule has 1 atom stereocenters. The SMILES string of the molecule is CC(C)(C)OC(=O)N1CCN(c2ccc(-c3noc(C(CCCC4CCCCC4)CC(=O)O)n3)cn2)CC1. The van der Waals surface area contributed by atoms with E-state index in [9.17, 15) is 14.7 Å². The molecule has 2 aromatic rings. The topological polar surface area (TPSA) is 122 Å². The molecule has 208 valence electrons. The number of pyridine rings is 1. The number of ether oxygens (including phenoxy) is 1. The Morgan fingerprint density at radius 3 is 2.50 bits per heavy atom. The third-order valence-corrected chi connectivity index (χ3v) is 7.36. The van der Waals surface area contributed by atoms with Crippen molar-refractivity contribution < 1.29 is 24.0 Å². The molecular weight excluding hydrogens is 486 g/mol. The Morgan fingerprint density at radius 2 is 1.87 bits per heavy atom. The number of anilines is 1. The Bertz CT molecular complexity index is 1050. The molecule has 10 nitrogen and oxygen atoms in total. The lowest BCUT2D eigenvalue weighted by atomic mass is 9.84. The van der Waals surface area contributed by atoms with Crippen LogP contribution >= 0.6 is 0 Å². The van der Waals surface area contributed by atoms with E-state index in [0.717, 1.165) is 31.0 Å². The van der Waals surface area contributed by atoms with Crippen molar-refractivity contribution in [3.63, 3.8) is 0 Å². The van der Waals surface area contributed by atoms with Crippen LogP contribution in [0, 0.1) is 5.92 Å². The van der Waals surface area contributed by atoms with E-state index in [4.69, 9.17) is 9.26 Å². The smallest absolute Gasteiger partial charge is 0.410 e. The summed E-state index contributed by atoms with van der Waals surface area (Å²) in [7, 11) is 0. The van der Waals surface area contributed by atoms with Gasteiger partial charge in [-0.05, 0) is 45.2 Å². The number of nitrogens with zero attached hydrogens (tertiary/aromatic N) is 5. The number of amides is 1. The highest BCUT2D eigenvalue weighted by Gasteiger charge is 2.27. The molecule has 10 heteroatoms. The van der Waals surface area contributed by atoms with Crippen molar-refractivity contribution in [3.8, 4) is 11.4 Å². The Balaban J connectivity index is 1.32. The van der Waals surface area contributed by atoms with E-state index in [-0.39, 0.29) is 18.4 Å². The number of piperazine rings is 1. The van der Waals surface area contributed by atoms with Crippen LogP contribution in [-0.4, -0.2) is 69.0 Å². The summed E-state index contributed by atoms with van der Waals surface area (Å²) in [6, 6.07) is 3.81. The summed E-state index contributed by atoms with van der Waals surface area (Å²) in [6.07, 6.45) is 10.8. The number of hydrogen-bond donors (Lipinski definition) is 1. The molecule has 1 unspecified atom stereocenters. The highest BCUT2D eigenvalue weighted by atomic mass is 16.6. The second-order valence-corrected chi connectivity index (χ2v) is 11.5. The van der Waals surface area contributed by atoms with Gasteiger partial charge in [0.05, 0.1) is 6.42 Å². The van der Waals surface area contributed by atoms with Crippen LogP contribution in [0.4, 0.5) is 10.6 Å². The number of carboxylic acid groups (broad SMARTS) is 1. The summed E-state index contributed by atoms with van der Waals surface area (Å²) in [5.41, 5.74) is 0.204. The Kier molecular flexibility index (Phi) is 9.22. The van der Waals surface area contributed by atoms with Crippen molar-refractivity contribution in [2.75, 3.05) is 31.1 Å². The van der Waals surface area contributed by atoms with Crippen LogP contribution in [0.3, 0.4) is 0 Å². The van der Waals surface area contributed by atoms with E-state index in [0.29, 0.717) is 43.5 Å². The van der Waals surface area contributed by atoms with Gasteiger partial charge in [-0.25, -0.2) is 9.78 Å². The number of carbonyl (C=O) groups excluding carboxylic acids is 1. The maximum atomic E-state index is 12.3. The van der Waals surface area contributed by atoms with Crippen LogP contribution in [0.2, 0.25) is 0 Å². The summed E-state index contributed by atoms with van der Waals surface area (Å²) >= 11 is 0. The Labute approximate surface area is 224 Å². The first-order valence-electron chi connectivity index (χ1n) is 13.9. The minimum absolute atomic E-state index is 0.0151. The average Bonchev–Trinajstić information content (AvgIpc) is 3.38. The maximum Gasteiger partial charge on any atom is 0.410 e. The molecule has 1 aliphatic carbocycles. The largest absolute Gasteiger partial charge is 0.481 e. The zero-order valence-electron chi connectivity index (χ0n) is 22.9. The Morgan fingerprint density at radius 1 is 1.13 bits per heavy atom. The van der Waals surface area contributed by atoms with Gasteiger partial charge in [-0.3, -0.25) is 4.79 Å². The molecule has 0 radical (unpaired) electrons. The minimum Gasteiger partial charge on any atom is -0.481 e. The highest BCUT2D eigenvalue weighted by molar-refractivity contribution is 5.69. The van der Waals surface area contributed by atoms with Crippen molar-refractivity contribution in [2.45, 2.75) is 90.1 Å². The summed E-state index contributed by atoms with van der Waals surface area (Å²) < 4.78 is 11.0. The number of rotatable bonds is 9. The molecule has 3 heterocycles. The molecule has 1 saturated heterocycles. The van der Waals surface area contributed by atoms with Gasteiger partial charge in [-0.1, -0.05) is 50.1 Å². The molecule has 0 spiro atoms. The van der Waals surface area contributed by atoms with Crippen molar-refractivity contribution in [2.24, 2.45) is 5.92 Å². The number of carboxylic acids is 1. The van der Waals surface area contributed by atoms with Gasteiger partial charge in [-0.2, -0.15) is 4.98 Å². The van der Waals surface area contributed by atoms with Gasteiger partial charge in [0, 0.05) is 43.9 Å². The molecule has 38 heavy (non-hydrogen) atoms. The van der Waals surface area contributed by atoms with Crippen LogP contribution < -0.4 is 4.90 Å². The molecule has 2 fully saturated rings. The summed E-state index contributed by atoms with van der Waals surface area (Å²) in [4.78, 5) is 36.8. The molecular formula is C28H41N5O5. The first kappa shape index (κ1) is 27.9. The van der Waals surface area contributed by atoms with Crippen molar-refractivity contribution in [1.29, 1.82) is 0 Å². The summed E-state index contributed by atoms with van der Waals surface area (Å²) in [5, 5.41) is 13.6. The third kappa shape index (κ3) is 7.91. The zero-order valence-corrected chi connectivity index (χ0v) is 22.9.